The van der Waals surface area contributed by atoms with Crippen LogP contribution in [0.15, 0.2) is 42.5 Å². The summed E-state index contributed by atoms with van der Waals surface area (Å²) in [5, 5.41) is 3.01. The minimum Gasteiger partial charge on any atom is -0.493 e. The van der Waals surface area contributed by atoms with Gasteiger partial charge in [-0.3, -0.25) is 9.69 Å². The summed E-state index contributed by atoms with van der Waals surface area (Å²) in [5.74, 6) is 1.72. The molecule has 0 atom stereocenters. The van der Waals surface area contributed by atoms with Gasteiger partial charge in [0.15, 0.2) is 11.5 Å². The summed E-state index contributed by atoms with van der Waals surface area (Å²) >= 11 is 0. The van der Waals surface area contributed by atoms with Gasteiger partial charge in [-0.15, -0.1) is 0 Å². The van der Waals surface area contributed by atoms with Crippen LogP contribution in [0.2, 0.25) is 0 Å². The molecule has 0 saturated carbocycles. The van der Waals surface area contributed by atoms with Crippen molar-refractivity contribution in [3.63, 3.8) is 0 Å². The highest BCUT2D eigenvalue weighted by Gasteiger charge is 2.21. The Balaban J connectivity index is 1.29. The number of methoxy groups -OCH3 is 2. The lowest BCUT2D eigenvalue weighted by Gasteiger charge is -2.31. The van der Waals surface area contributed by atoms with Gasteiger partial charge in [0, 0.05) is 13.2 Å². The molecule has 1 fully saturated rings. The normalized spacial score (nSPS) is 14.8. The second kappa shape index (κ2) is 12.4. The fraction of sp³-hybridized carbons (Fsp3) is 0.480. The van der Waals surface area contributed by atoms with E-state index in [0.717, 1.165) is 43.5 Å². The molecule has 0 aromatic heterocycles. The Morgan fingerprint density at radius 2 is 1.72 bits per heavy atom. The zero-order valence-corrected chi connectivity index (χ0v) is 18.9. The predicted molar refractivity (Wildman–Crippen MR) is 121 cm³/mol. The van der Waals surface area contributed by atoms with Crippen LogP contribution in [0.5, 0.6) is 11.5 Å². The average molecular weight is 445 g/mol. The lowest BCUT2D eigenvalue weighted by Crippen LogP contribution is -2.42. The number of carbonyl (C=O) groups is 1. The van der Waals surface area contributed by atoms with Gasteiger partial charge in [-0.2, -0.15) is 0 Å². The summed E-state index contributed by atoms with van der Waals surface area (Å²) in [6.07, 6.45) is 2.77. The molecule has 1 aliphatic rings. The number of hydrogen-bond donors (Lipinski definition) is 1. The molecule has 1 heterocycles. The lowest BCUT2D eigenvalue weighted by molar-refractivity contribution is -0.122. The molecule has 7 heteroatoms. The van der Waals surface area contributed by atoms with Crippen molar-refractivity contribution in [1.29, 1.82) is 0 Å². The van der Waals surface area contributed by atoms with Crippen LogP contribution in [0, 0.1) is 11.7 Å². The molecule has 1 amide bonds. The molecule has 0 unspecified atom stereocenters. The maximum atomic E-state index is 12.9. The maximum Gasteiger partial charge on any atom is 0.234 e. The highest BCUT2D eigenvalue weighted by atomic mass is 19.1. The third-order valence-electron chi connectivity index (χ3n) is 5.79. The molecule has 2 aromatic carbocycles. The van der Waals surface area contributed by atoms with Crippen molar-refractivity contribution in [3.8, 4) is 11.5 Å². The van der Waals surface area contributed by atoms with E-state index in [2.05, 4.69) is 10.2 Å². The molecular weight excluding hydrogens is 411 g/mol. The number of halogens is 1. The first-order chi connectivity index (χ1) is 15.6. The molecule has 1 N–H and O–H groups in total. The number of hydrogen-bond acceptors (Lipinski definition) is 5. The Kier molecular flexibility index (Phi) is 9.31. The van der Waals surface area contributed by atoms with Gasteiger partial charge in [0.1, 0.15) is 5.82 Å². The highest BCUT2D eigenvalue weighted by Crippen LogP contribution is 2.27. The van der Waals surface area contributed by atoms with E-state index in [0.29, 0.717) is 43.7 Å². The van der Waals surface area contributed by atoms with Crippen molar-refractivity contribution in [2.45, 2.75) is 25.9 Å². The zero-order valence-electron chi connectivity index (χ0n) is 18.9. The van der Waals surface area contributed by atoms with Gasteiger partial charge in [-0.05, 0) is 73.7 Å². The standard InChI is InChI=1S/C25H33FN2O4/c1-30-23-8-5-19(15-24(23)31-2)9-12-27-25(29)16-28-13-10-21(11-14-28)18-32-17-20-3-6-22(26)7-4-20/h3-8,15,21H,9-14,16-18H2,1-2H3,(H,27,29). The van der Waals surface area contributed by atoms with Gasteiger partial charge in [-0.1, -0.05) is 18.2 Å². The number of likely N-dealkylation sites (tertiary alicyclic amines) is 1. The van der Waals surface area contributed by atoms with Crippen LogP contribution in [-0.2, 0) is 22.6 Å². The average Bonchev–Trinajstić information content (AvgIpc) is 2.81. The summed E-state index contributed by atoms with van der Waals surface area (Å²) in [6.45, 7) is 4.00. The van der Waals surface area contributed by atoms with Gasteiger partial charge in [0.05, 0.1) is 27.4 Å². The number of rotatable bonds is 11. The van der Waals surface area contributed by atoms with Crippen LogP contribution in [-0.4, -0.2) is 57.8 Å². The van der Waals surface area contributed by atoms with E-state index in [1.807, 2.05) is 18.2 Å². The van der Waals surface area contributed by atoms with E-state index in [9.17, 15) is 9.18 Å². The molecule has 6 nitrogen and oxygen atoms in total. The van der Waals surface area contributed by atoms with Gasteiger partial charge in [-0.25, -0.2) is 4.39 Å². The third-order valence-corrected chi connectivity index (χ3v) is 5.79. The minimum atomic E-state index is -0.230. The minimum absolute atomic E-state index is 0.0523. The first kappa shape index (κ1) is 24.0. The topological polar surface area (TPSA) is 60.0 Å². The first-order valence-electron chi connectivity index (χ1n) is 11.1. The molecule has 0 bridgehead atoms. The van der Waals surface area contributed by atoms with Crippen LogP contribution in [0.3, 0.4) is 0 Å². The quantitative estimate of drug-likeness (QED) is 0.576. The van der Waals surface area contributed by atoms with Gasteiger partial charge in [0.2, 0.25) is 5.91 Å². The monoisotopic (exact) mass is 444 g/mol. The SMILES string of the molecule is COc1ccc(CCNC(=O)CN2CCC(COCc3ccc(F)cc3)CC2)cc1OC. The number of piperidine rings is 1. The third kappa shape index (κ3) is 7.50. The molecule has 3 rings (SSSR count). The molecule has 1 aliphatic heterocycles. The molecule has 0 spiro atoms. The number of benzene rings is 2. The Morgan fingerprint density at radius 1 is 1.03 bits per heavy atom. The number of ether oxygens (including phenoxy) is 3. The van der Waals surface area contributed by atoms with E-state index in [-0.39, 0.29) is 11.7 Å². The van der Waals surface area contributed by atoms with Crippen molar-refractivity contribution in [2.75, 3.05) is 47.0 Å². The van der Waals surface area contributed by atoms with E-state index in [1.54, 1.807) is 26.4 Å². The Bertz CT molecular complexity index is 852. The van der Waals surface area contributed by atoms with Gasteiger partial charge < -0.3 is 19.5 Å². The van der Waals surface area contributed by atoms with Crippen molar-refractivity contribution in [3.05, 3.63) is 59.4 Å². The van der Waals surface area contributed by atoms with Crippen molar-refractivity contribution in [1.82, 2.24) is 10.2 Å². The fourth-order valence-electron chi connectivity index (χ4n) is 3.88. The van der Waals surface area contributed by atoms with E-state index < -0.39 is 0 Å². The number of carbonyl (C=O) groups excluding carboxylic acids is 1. The fourth-order valence-corrected chi connectivity index (χ4v) is 3.88. The van der Waals surface area contributed by atoms with E-state index in [4.69, 9.17) is 14.2 Å². The van der Waals surface area contributed by atoms with Crippen LogP contribution in [0.1, 0.15) is 24.0 Å². The van der Waals surface area contributed by atoms with Crippen LogP contribution in [0.25, 0.3) is 0 Å². The van der Waals surface area contributed by atoms with Crippen molar-refractivity contribution >= 4 is 5.91 Å². The smallest absolute Gasteiger partial charge is 0.234 e. The van der Waals surface area contributed by atoms with Crippen LogP contribution >= 0.6 is 0 Å². The van der Waals surface area contributed by atoms with E-state index >= 15 is 0 Å². The molecule has 0 aliphatic carbocycles. The second-order valence-electron chi connectivity index (χ2n) is 8.15. The summed E-state index contributed by atoms with van der Waals surface area (Å²) < 4.78 is 29.3. The number of amides is 1. The Labute approximate surface area is 189 Å². The summed E-state index contributed by atoms with van der Waals surface area (Å²) in [4.78, 5) is 14.5. The van der Waals surface area contributed by atoms with Gasteiger partial charge in [0.25, 0.3) is 0 Å². The first-order valence-corrected chi connectivity index (χ1v) is 11.1. The highest BCUT2D eigenvalue weighted by molar-refractivity contribution is 5.78. The predicted octanol–water partition coefficient (Wildman–Crippen LogP) is 3.43. The lowest BCUT2D eigenvalue weighted by atomic mass is 9.98. The number of nitrogens with one attached hydrogen (secondary N) is 1. The second-order valence-corrected chi connectivity index (χ2v) is 8.15. The molecule has 174 valence electrons. The molecule has 1 saturated heterocycles. The summed E-state index contributed by atoms with van der Waals surface area (Å²) in [7, 11) is 3.23. The summed E-state index contributed by atoms with van der Waals surface area (Å²) in [5.41, 5.74) is 2.07. The Morgan fingerprint density at radius 3 is 2.41 bits per heavy atom. The van der Waals surface area contributed by atoms with Gasteiger partial charge >= 0.3 is 0 Å². The van der Waals surface area contributed by atoms with Crippen LogP contribution in [0.4, 0.5) is 4.39 Å². The van der Waals surface area contributed by atoms with E-state index in [1.165, 1.54) is 12.1 Å². The molecular formula is C25H33FN2O4. The number of nitrogens with zero attached hydrogens (tertiary/aromatic N) is 1. The zero-order chi connectivity index (χ0) is 22.8. The molecule has 2 aromatic rings. The maximum absolute atomic E-state index is 12.9. The molecule has 0 radical (unpaired) electrons. The van der Waals surface area contributed by atoms with Crippen molar-refractivity contribution in [2.24, 2.45) is 5.92 Å². The largest absolute Gasteiger partial charge is 0.493 e. The molecule has 32 heavy (non-hydrogen) atoms. The van der Waals surface area contributed by atoms with Crippen molar-refractivity contribution < 1.29 is 23.4 Å². The van der Waals surface area contributed by atoms with Crippen LogP contribution < -0.4 is 14.8 Å². The summed E-state index contributed by atoms with van der Waals surface area (Å²) in [6, 6.07) is 12.2. The Hall–Kier alpha value is -2.64.